The van der Waals surface area contributed by atoms with Crippen molar-refractivity contribution < 1.29 is 18.0 Å². The van der Waals surface area contributed by atoms with Gasteiger partial charge in [-0.05, 0) is 50.6 Å². The number of sulfonamides is 1. The fraction of sp³-hybridized carbons (Fsp3) is 0.364. The average Bonchev–Trinajstić information content (AvgIpc) is 2.71. The van der Waals surface area contributed by atoms with E-state index >= 15 is 0 Å². The standard InChI is InChI=1S/C22H26Cl3N3O4S/c1-14(2)26-22(30)15(3)27(12-16-9-10-17(23)19(25)11-16)21(29)13-28(33(4,31)32)20-8-6-5-7-18(20)24/h5-11,14-15H,12-13H2,1-4H3,(H,26,30)/t15-/m1/s1. The quantitative estimate of drug-likeness (QED) is 0.518. The van der Waals surface area contributed by atoms with E-state index in [0.717, 1.165) is 10.6 Å². The summed E-state index contributed by atoms with van der Waals surface area (Å²) < 4.78 is 26.0. The molecule has 0 spiro atoms. The number of para-hydroxylation sites is 1. The van der Waals surface area contributed by atoms with Gasteiger partial charge in [0, 0.05) is 12.6 Å². The molecule has 0 saturated carbocycles. The molecule has 11 heteroatoms. The Morgan fingerprint density at radius 1 is 0.970 bits per heavy atom. The number of halogens is 3. The minimum Gasteiger partial charge on any atom is -0.352 e. The lowest BCUT2D eigenvalue weighted by atomic mass is 10.1. The molecule has 0 bridgehead atoms. The van der Waals surface area contributed by atoms with Gasteiger partial charge >= 0.3 is 0 Å². The molecule has 0 aromatic heterocycles. The smallest absolute Gasteiger partial charge is 0.244 e. The highest BCUT2D eigenvalue weighted by Crippen LogP contribution is 2.28. The highest BCUT2D eigenvalue weighted by atomic mass is 35.5. The molecule has 0 heterocycles. The first-order valence-corrected chi connectivity index (χ1v) is 13.1. The van der Waals surface area contributed by atoms with Crippen LogP contribution in [0.1, 0.15) is 26.3 Å². The highest BCUT2D eigenvalue weighted by Gasteiger charge is 2.31. The predicted molar refractivity (Wildman–Crippen MR) is 133 cm³/mol. The predicted octanol–water partition coefficient (Wildman–Crippen LogP) is 4.35. The van der Waals surface area contributed by atoms with Gasteiger partial charge in [0.15, 0.2) is 0 Å². The van der Waals surface area contributed by atoms with Crippen LogP contribution in [-0.2, 0) is 26.2 Å². The monoisotopic (exact) mass is 533 g/mol. The number of carbonyl (C=O) groups is 2. The maximum Gasteiger partial charge on any atom is 0.244 e. The minimum absolute atomic E-state index is 0.0164. The lowest BCUT2D eigenvalue weighted by Gasteiger charge is -2.32. The molecule has 180 valence electrons. The van der Waals surface area contributed by atoms with Gasteiger partial charge in [0.05, 0.1) is 27.0 Å². The zero-order valence-corrected chi connectivity index (χ0v) is 21.8. The van der Waals surface area contributed by atoms with Crippen LogP contribution < -0.4 is 9.62 Å². The summed E-state index contributed by atoms with van der Waals surface area (Å²) in [4.78, 5) is 27.4. The van der Waals surface area contributed by atoms with Crippen molar-refractivity contribution in [2.75, 3.05) is 17.1 Å². The molecular formula is C22H26Cl3N3O4S. The second-order valence-corrected chi connectivity index (χ2v) is 11.0. The van der Waals surface area contributed by atoms with E-state index in [-0.39, 0.29) is 29.2 Å². The van der Waals surface area contributed by atoms with Crippen LogP contribution in [0.3, 0.4) is 0 Å². The largest absolute Gasteiger partial charge is 0.352 e. The van der Waals surface area contributed by atoms with Crippen molar-refractivity contribution in [3.63, 3.8) is 0 Å². The minimum atomic E-state index is -3.86. The zero-order chi connectivity index (χ0) is 24.9. The first kappa shape index (κ1) is 27.2. The van der Waals surface area contributed by atoms with Gasteiger partial charge < -0.3 is 10.2 Å². The number of rotatable bonds is 9. The number of hydrogen-bond donors (Lipinski definition) is 1. The second-order valence-electron chi connectivity index (χ2n) is 7.83. The first-order valence-electron chi connectivity index (χ1n) is 10.1. The summed E-state index contributed by atoms with van der Waals surface area (Å²) in [6, 6.07) is 10.2. The number of nitrogens with one attached hydrogen (secondary N) is 1. The van der Waals surface area contributed by atoms with Crippen molar-refractivity contribution in [1.82, 2.24) is 10.2 Å². The number of amides is 2. The Kier molecular flexibility index (Phi) is 9.43. The number of hydrogen-bond acceptors (Lipinski definition) is 4. The fourth-order valence-corrected chi connectivity index (χ4v) is 4.54. The van der Waals surface area contributed by atoms with E-state index in [9.17, 15) is 18.0 Å². The molecule has 1 atom stereocenters. The normalized spacial score (nSPS) is 12.4. The van der Waals surface area contributed by atoms with Crippen LogP contribution in [0.25, 0.3) is 0 Å². The lowest BCUT2D eigenvalue weighted by molar-refractivity contribution is -0.139. The van der Waals surface area contributed by atoms with Crippen LogP contribution in [0.15, 0.2) is 42.5 Å². The molecule has 0 aliphatic rings. The molecule has 1 N–H and O–H groups in total. The summed E-state index contributed by atoms with van der Waals surface area (Å²) in [5.74, 6) is -0.958. The van der Waals surface area contributed by atoms with Crippen LogP contribution in [0.4, 0.5) is 5.69 Å². The van der Waals surface area contributed by atoms with Crippen LogP contribution in [0, 0.1) is 0 Å². The number of carbonyl (C=O) groups excluding carboxylic acids is 2. The van der Waals surface area contributed by atoms with Crippen molar-refractivity contribution in [3.8, 4) is 0 Å². The summed E-state index contributed by atoms with van der Waals surface area (Å²) in [6.07, 6.45) is 0.988. The van der Waals surface area contributed by atoms with E-state index < -0.39 is 28.5 Å². The van der Waals surface area contributed by atoms with Gasteiger partial charge in [-0.3, -0.25) is 13.9 Å². The topological polar surface area (TPSA) is 86.8 Å². The molecule has 2 aromatic rings. The van der Waals surface area contributed by atoms with Crippen LogP contribution in [0.5, 0.6) is 0 Å². The summed E-state index contributed by atoms with van der Waals surface area (Å²) in [5, 5.41) is 3.61. The average molecular weight is 535 g/mol. The van der Waals surface area contributed by atoms with Crippen LogP contribution in [0.2, 0.25) is 15.1 Å². The lowest BCUT2D eigenvalue weighted by Crippen LogP contribution is -2.52. The van der Waals surface area contributed by atoms with Crippen LogP contribution >= 0.6 is 34.8 Å². The summed E-state index contributed by atoms with van der Waals surface area (Å²) in [5.41, 5.74) is 0.800. The SMILES string of the molecule is CC(C)NC(=O)[C@@H](C)N(Cc1ccc(Cl)c(Cl)c1)C(=O)CN(c1ccccc1Cl)S(C)(=O)=O. The number of nitrogens with zero attached hydrogens (tertiary/aromatic N) is 2. The van der Waals surface area contributed by atoms with Crippen molar-refractivity contribution >= 4 is 62.3 Å². The molecule has 0 radical (unpaired) electrons. The molecule has 2 rings (SSSR count). The van der Waals surface area contributed by atoms with Crippen molar-refractivity contribution in [2.45, 2.75) is 39.4 Å². The Morgan fingerprint density at radius 2 is 1.61 bits per heavy atom. The van der Waals surface area contributed by atoms with E-state index in [4.69, 9.17) is 34.8 Å². The van der Waals surface area contributed by atoms with E-state index in [1.807, 2.05) is 0 Å². The van der Waals surface area contributed by atoms with Gasteiger partial charge in [0.25, 0.3) is 0 Å². The molecule has 7 nitrogen and oxygen atoms in total. The van der Waals surface area contributed by atoms with E-state index in [0.29, 0.717) is 15.6 Å². The van der Waals surface area contributed by atoms with Gasteiger partial charge in [-0.25, -0.2) is 8.42 Å². The van der Waals surface area contributed by atoms with E-state index in [2.05, 4.69) is 5.32 Å². The Bertz CT molecular complexity index is 1130. The molecule has 0 unspecified atom stereocenters. The van der Waals surface area contributed by atoms with Crippen molar-refractivity contribution in [3.05, 3.63) is 63.1 Å². The Labute approximate surface area is 209 Å². The molecule has 2 aromatic carbocycles. The van der Waals surface area contributed by atoms with E-state index in [1.165, 1.54) is 17.0 Å². The van der Waals surface area contributed by atoms with E-state index in [1.54, 1.807) is 51.1 Å². The zero-order valence-electron chi connectivity index (χ0n) is 18.7. The maximum atomic E-state index is 13.4. The summed E-state index contributed by atoms with van der Waals surface area (Å²) in [6.45, 7) is 4.66. The van der Waals surface area contributed by atoms with Gasteiger partial charge in [0.1, 0.15) is 12.6 Å². The fourth-order valence-electron chi connectivity index (χ4n) is 3.07. The highest BCUT2D eigenvalue weighted by molar-refractivity contribution is 7.92. The first-order chi connectivity index (χ1) is 15.3. The third-order valence-corrected chi connectivity index (χ3v) is 6.92. The van der Waals surface area contributed by atoms with Gasteiger partial charge in [0.2, 0.25) is 21.8 Å². The third-order valence-electron chi connectivity index (χ3n) is 4.74. The van der Waals surface area contributed by atoms with Gasteiger partial charge in [-0.2, -0.15) is 0 Å². The van der Waals surface area contributed by atoms with Crippen molar-refractivity contribution in [2.24, 2.45) is 0 Å². The molecule has 2 amide bonds. The molecule has 0 fully saturated rings. The van der Waals surface area contributed by atoms with Crippen LogP contribution in [-0.4, -0.2) is 50.0 Å². The maximum absolute atomic E-state index is 13.4. The Hall–Kier alpha value is -2.00. The molecule has 0 saturated heterocycles. The summed E-state index contributed by atoms with van der Waals surface area (Å²) >= 11 is 18.3. The third kappa shape index (κ3) is 7.50. The molecule has 0 aliphatic heterocycles. The van der Waals surface area contributed by atoms with Gasteiger partial charge in [-0.15, -0.1) is 0 Å². The molecule has 33 heavy (non-hydrogen) atoms. The molecule has 0 aliphatic carbocycles. The van der Waals surface area contributed by atoms with Crippen molar-refractivity contribution in [1.29, 1.82) is 0 Å². The molecular weight excluding hydrogens is 509 g/mol. The van der Waals surface area contributed by atoms with Gasteiger partial charge in [-0.1, -0.05) is 53.0 Å². The number of benzene rings is 2. The Balaban J connectivity index is 2.43. The second kappa shape index (κ2) is 11.4. The Morgan fingerprint density at radius 3 is 2.15 bits per heavy atom. The number of anilines is 1. The summed E-state index contributed by atoms with van der Waals surface area (Å²) in [7, 11) is -3.86.